The maximum absolute atomic E-state index is 6.20. The largest absolute Gasteiger partial charge is 0.144 e. The van der Waals surface area contributed by atoms with E-state index in [1.165, 1.54) is 9.75 Å². The zero-order valence-corrected chi connectivity index (χ0v) is 13.1. The molecule has 0 aliphatic heterocycles. The zero-order valence-electron chi connectivity index (χ0n) is 9.21. The molecule has 0 aliphatic rings. The van der Waals surface area contributed by atoms with E-state index >= 15 is 0 Å². The van der Waals surface area contributed by atoms with Gasteiger partial charge in [-0.25, -0.2) is 0 Å². The van der Waals surface area contributed by atoms with Gasteiger partial charge >= 0.3 is 0 Å². The van der Waals surface area contributed by atoms with Crippen molar-refractivity contribution >= 4 is 50.5 Å². The molecule has 90 valence electrons. The highest BCUT2D eigenvalue weighted by Gasteiger charge is 2.16. The second-order valence-electron chi connectivity index (χ2n) is 3.69. The van der Waals surface area contributed by atoms with Crippen molar-refractivity contribution in [1.82, 2.24) is 0 Å². The summed E-state index contributed by atoms with van der Waals surface area (Å²) in [7, 11) is 0. The SMILES string of the molecule is CCc1ccc(C(Br)c2cc(Cl)ccc2Cl)s1. The van der Waals surface area contributed by atoms with Crippen molar-refractivity contribution in [1.29, 1.82) is 0 Å². The number of alkyl halides is 1. The van der Waals surface area contributed by atoms with Crippen LogP contribution in [0.2, 0.25) is 10.0 Å². The number of rotatable bonds is 3. The maximum atomic E-state index is 6.20. The molecule has 0 saturated heterocycles. The molecule has 0 fully saturated rings. The molecular formula is C13H11BrCl2S. The normalized spacial score (nSPS) is 12.7. The summed E-state index contributed by atoms with van der Waals surface area (Å²) in [6.07, 6.45) is 1.06. The highest BCUT2D eigenvalue weighted by atomic mass is 79.9. The Balaban J connectivity index is 2.35. The fourth-order valence-electron chi connectivity index (χ4n) is 1.58. The Morgan fingerprint density at radius 3 is 2.65 bits per heavy atom. The smallest absolute Gasteiger partial charge is 0.0753 e. The van der Waals surface area contributed by atoms with Gasteiger partial charge in [-0.2, -0.15) is 0 Å². The Kier molecular flexibility index (Phi) is 4.53. The molecule has 1 aromatic heterocycles. The number of halogens is 3. The molecular weight excluding hydrogens is 339 g/mol. The van der Waals surface area contributed by atoms with Crippen molar-refractivity contribution in [3.63, 3.8) is 0 Å². The zero-order chi connectivity index (χ0) is 12.4. The minimum absolute atomic E-state index is 0.110. The minimum Gasteiger partial charge on any atom is -0.144 e. The summed E-state index contributed by atoms with van der Waals surface area (Å²) >= 11 is 17.7. The minimum atomic E-state index is 0.110. The van der Waals surface area contributed by atoms with Gasteiger partial charge in [0, 0.05) is 19.8 Å². The van der Waals surface area contributed by atoms with E-state index in [-0.39, 0.29) is 4.83 Å². The van der Waals surface area contributed by atoms with E-state index in [0.29, 0.717) is 5.02 Å². The summed E-state index contributed by atoms with van der Waals surface area (Å²) in [4.78, 5) is 2.74. The Hall–Kier alpha value is -0.0200. The summed E-state index contributed by atoms with van der Waals surface area (Å²) in [5, 5.41) is 1.45. The second kappa shape index (κ2) is 5.75. The molecule has 17 heavy (non-hydrogen) atoms. The van der Waals surface area contributed by atoms with Gasteiger partial charge in [-0.05, 0) is 42.3 Å². The lowest BCUT2D eigenvalue weighted by atomic mass is 10.1. The summed E-state index contributed by atoms with van der Waals surface area (Å²) in [6.45, 7) is 2.16. The summed E-state index contributed by atoms with van der Waals surface area (Å²) < 4.78 is 0. The molecule has 0 saturated carbocycles. The van der Waals surface area contributed by atoms with Crippen LogP contribution in [0.15, 0.2) is 30.3 Å². The third kappa shape index (κ3) is 3.05. The Labute approximate surface area is 124 Å². The van der Waals surface area contributed by atoms with Crippen LogP contribution < -0.4 is 0 Å². The first-order valence-corrected chi connectivity index (χ1v) is 7.78. The maximum Gasteiger partial charge on any atom is 0.0753 e. The number of hydrogen-bond acceptors (Lipinski definition) is 1. The van der Waals surface area contributed by atoms with Crippen molar-refractivity contribution in [3.05, 3.63) is 55.7 Å². The highest BCUT2D eigenvalue weighted by molar-refractivity contribution is 9.09. The lowest BCUT2D eigenvalue weighted by molar-refractivity contribution is 1.19. The van der Waals surface area contributed by atoms with Crippen molar-refractivity contribution in [2.45, 2.75) is 18.2 Å². The molecule has 0 spiro atoms. The van der Waals surface area contributed by atoms with Crippen molar-refractivity contribution in [2.24, 2.45) is 0 Å². The fourth-order valence-corrected chi connectivity index (χ4v) is 3.88. The number of thiophene rings is 1. The average molecular weight is 350 g/mol. The Morgan fingerprint density at radius 2 is 2.00 bits per heavy atom. The molecule has 1 aromatic carbocycles. The van der Waals surface area contributed by atoms with Crippen LogP contribution in [-0.2, 0) is 6.42 Å². The molecule has 2 rings (SSSR count). The van der Waals surface area contributed by atoms with E-state index in [1.807, 2.05) is 12.1 Å². The van der Waals surface area contributed by atoms with Gasteiger partial charge in [-0.1, -0.05) is 46.1 Å². The summed E-state index contributed by atoms with van der Waals surface area (Å²) in [5.74, 6) is 0. The van der Waals surface area contributed by atoms with Crippen LogP contribution in [0, 0.1) is 0 Å². The van der Waals surface area contributed by atoms with Crippen molar-refractivity contribution in [2.75, 3.05) is 0 Å². The van der Waals surface area contributed by atoms with E-state index in [0.717, 1.165) is 17.0 Å². The predicted octanol–water partition coefficient (Wildman–Crippen LogP) is 6.10. The van der Waals surface area contributed by atoms with Gasteiger partial charge in [0.25, 0.3) is 0 Å². The van der Waals surface area contributed by atoms with E-state index < -0.39 is 0 Å². The Morgan fingerprint density at radius 1 is 1.24 bits per heavy atom. The predicted molar refractivity (Wildman–Crippen MR) is 80.9 cm³/mol. The van der Waals surface area contributed by atoms with Gasteiger partial charge in [-0.15, -0.1) is 11.3 Å². The van der Waals surface area contributed by atoms with Gasteiger partial charge < -0.3 is 0 Å². The van der Waals surface area contributed by atoms with E-state index in [4.69, 9.17) is 23.2 Å². The number of aryl methyl sites for hydroxylation is 1. The third-order valence-electron chi connectivity index (χ3n) is 2.51. The molecule has 0 amide bonds. The first kappa shape index (κ1) is 13.4. The van der Waals surface area contributed by atoms with E-state index in [2.05, 4.69) is 35.0 Å². The monoisotopic (exact) mass is 348 g/mol. The van der Waals surface area contributed by atoms with Crippen LogP contribution in [0.4, 0.5) is 0 Å². The highest BCUT2D eigenvalue weighted by Crippen LogP contribution is 2.39. The van der Waals surface area contributed by atoms with Crippen LogP contribution in [0.5, 0.6) is 0 Å². The van der Waals surface area contributed by atoms with Crippen LogP contribution in [0.3, 0.4) is 0 Å². The molecule has 0 bridgehead atoms. The quantitative estimate of drug-likeness (QED) is 0.587. The fraction of sp³-hybridized carbons (Fsp3) is 0.231. The number of benzene rings is 1. The lowest BCUT2D eigenvalue weighted by Gasteiger charge is -2.10. The molecule has 0 aliphatic carbocycles. The van der Waals surface area contributed by atoms with Gasteiger partial charge in [0.1, 0.15) is 0 Å². The third-order valence-corrected chi connectivity index (χ3v) is 5.68. The van der Waals surface area contributed by atoms with E-state index in [1.54, 1.807) is 17.4 Å². The first-order valence-electron chi connectivity index (χ1n) is 5.29. The van der Waals surface area contributed by atoms with Crippen molar-refractivity contribution < 1.29 is 0 Å². The standard InChI is InChI=1S/C13H11BrCl2S/c1-2-9-4-6-12(17-9)13(14)10-7-8(15)3-5-11(10)16/h3-7,13H,2H2,1H3. The Bertz CT molecular complexity index is 522. The molecule has 4 heteroatoms. The lowest BCUT2D eigenvalue weighted by Crippen LogP contribution is -1.90. The number of hydrogen-bond donors (Lipinski definition) is 0. The van der Waals surface area contributed by atoms with E-state index in [9.17, 15) is 0 Å². The van der Waals surface area contributed by atoms with Crippen LogP contribution >= 0.6 is 50.5 Å². The second-order valence-corrected chi connectivity index (χ2v) is 6.65. The van der Waals surface area contributed by atoms with Crippen molar-refractivity contribution in [3.8, 4) is 0 Å². The summed E-state index contributed by atoms with van der Waals surface area (Å²) in [6, 6.07) is 9.85. The first-order chi connectivity index (χ1) is 8.11. The molecule has 1 atom stereocenters. The van der Waals surface area contributed by atoms with Crippen LogP contribution in [0.1, 0.15) is 27.1 Å². The van der Waals surface area contributed by atoms with Gasteiger partial charge in [0.15, 0.2) is 0 Å². The summed E-state index contributed by atoms with van der Waals surface area (Å²) in [5.41, 5.74) is 1.02. The van der Waals surface area contributed by atoms with Crippen LogP contribution in [0.25, 0.3) is 0 Å². The topological polar surface area (TPSA) is 0 Å². The van der Waals surface area contributed by atoms with Gasteiger partial charge in [0.2, 0.25) is 0 Å². The van der Waals surface area contributed by atoms with Gasteiger partial charge in [-0.3, -0.25) is 0 Å². The average Bonchev–Trinajstić information content (AvgIpc) is 2.80. The molecule has 0 N–H and O–H groups in total. The molecule has 1 heterocycles. The van der Waals surface area contributed by atoms with Crippen LogP contribution in [-0.4, -0.2) is 0 Å². The molecule has 0 nitrogen and oxygen atoms in total. The molecule has 0 radical (unpaired) electrons. The molecule has 1 unspecified atom stereocenters. The molecule has 2 aromatic rings. The van der Waals surface area contributed by atoms with Gasteiger partial charge in [0.05, 0.1) is 4.83 Å².